The van der Waals surface area contributed by atoms with E-state index in [4.69, 9.17) is 4.74 Å². The molecular formula is C14H13NO5S. The van der Waals surface area contributed by atoms with Crippen LogP contribution in [-0.2, 0) is 9.84 Å². The van der Waals surface area contributed by atoms with Crippen LogP contribution in [0.4, 0.5) is 5.69 Å². The van der Waals surface area contributed by atoms with Crippen LogP contribution in [0.2, 0.25) is 0 Å². The molecule has 0 atom stereocenters. The Hall–Kier alpha value is -2.41. The molecule has 6 nitrogen and oxygen atoms in total. The fourth-order valence-corrected chi connectivity index (χ4v) is 2.37. The lowest BCUT2D eigenvalue weighted by Gasteiger charge is -2.07. The molecule has 2 rings (SSSR count). The number of aryl methyl sites for hydroxylation is 1. The van der Waals surface area contributed by atoms with Crippen LogP contribution >= 0.6 is 0 Å². The molecule has 0 unspecified atom stereocenters. The van der Waals surface area contributed by atoms with E-state index in [0.717, 1.165) is 11.8 Å². The molecule has 0 aliphatic rings. The quantitative estimate of drug-likeness (QED) is 0.640. The molecule has 21 heavy (non-hydrogen) atoms. The van der Waals surface area contributed by atoms with Crippen LogP contribution in [0.5, 0.6) is 11.5 Å². The number of nitro groups is 1. The van der Waals surface area contributed by atoms with E-state index in [1.807, 2.05) is 0 Å². The van der Waals surface area contributed by atoms with Gasteiger partial charge in [0.15, 0.2) is 9.84 Å². The third kappa shape index (κ3) is 3.57. The van der Waals surface area contributed by atoms with Crippen LogP contribution in [0.3, 0.4) is 0 Å². The average molecular weight is 307 g/mol. The van der Waals surface area contributed by atoms with Gasteiger partial charge in [-0.3, -0.25) is 10.1 Å². The SMILES string of the molecule is Cc1ccc(Oc2ccc(S(C)(=O)=O)cc2)c([N+](=O)[O-])c1. The zero-order valence-electron chi connectivity index (χ0n) is 11.4. The lowest BCUT2D eigenvalue weighted by Crippen LogP contribution is -1.97. The van der Waals surface area contributed by atoms with E-state index in [0.29, 0.717) is 5.75 Å². The van der Waals surface area contributed by atoms with Crippen molar-refractivity contribution < 1.29 is 18.1 Å². The van der Waals surface area contributed by atoms with E-state index in [-0.39, 0.29) is 16.3 Å². The van der Waals surface area contributed by atoms with Gasteiger partial charge in [0, 0.05) is 12.3 Å². The predicted octanol–water partition coefficient (Wildman–Crippen LogP) is 3.10. The van der Waals surface area contributed by atoms with Gasteiger partial charge in [0.05, 0.1) is 9.82 Å². The monoisotopic (exact) mass is 307 g/mol. The summed E-state index contributed by atoms with van der Waals surface area (Å²) < 4.78 is 28.2. The second-order valence-electron chi connectivity index (χ2n) is 4.57. The maximum absolute atomic E-state index is 11.4. The second-order valence-corrected chi connectivity index (χ2v) is 6.59. The molecule has 0 aromatic heterocycles. The van der Waals surface area contributed by atoms with Crippen molar-refractivity contribution in [3.8, 4) is 11.5 Å². The summed E-state index contributed by atoms with van der Waals surface area (Å²) in [5, 5.41) is 11.0. The number of rotatable bonds is 4. The van der Waals surface area contributed by atoms with Gasteiger partial charge in [0.1, 0.15) is 5.75 Å². The number of ether oxygens (including phenoxy) is 1. The smallest absolute Gasteiger partial charge is 0.311 e. The minimum Gasteiger partial charge on any atom is -0.450 e. The van der Waals surface area contributed by atoms with Gasteiger partial charge in [-0.1, -0.05) is 6.07 Å². The first-order valence-electron chi connectivity index (χ1n) is 6.00. The normalized spacial score (nSPS) is 11.1. The summed E-state index contributed by atoms with van der Waals surface area (Å²) in [6, 6.07) is 10.3. The molecule has 0 N–H and O–H groups in total. The largest absolute Gasteiger partial charge is 0.450 e. The second kappa shape index (κ2) is 5.53. The number of sulfone groups is 1. The van der Waals surface area contributed by atoms with Gasteiger partial charge in [-0.2, -0.15) is 0 Å². The van der Waals surface area contributed by atoms with Crippen LogP contribution in [0.25, 0.3) is 0 Å². The standard InChI is InChI=1S/C14H13NO5S/c1-10-3-8-14(13(9-10)15(16)17)20-11-4-6-12(7-5-11)21(2,18)19/h3-9H,1-2H3. The highest BCUT2D eigenvalue weighted by Gasteiger charge is 2.16. The van der Waals surface area contributed by atoms with E-state index < -0.39 is 14.8 Å². The van der Waals surface area contributed by atoms with Crippen molar-refractivity contribution in [1.29, 1.82) is 0 Å². The molecule has 2 aromatic rings. The lowest BCUT2D eigenvalue weighted by atomic mass is 10.2. The van der Waals surface area contributed by atoms with Gasteiger partial charge in [-0.15, -0.1) is 0 Å². The van der Waals surface area contributed by atoms with E-state index in [1.54, 1.807) is 13.0 Å². The van der Waals surface area contributed by atoms with Gasteiger partial charge in [0.25, 0.3) is 0 Å². The van der Waals surface area contributed by atoms with Crippen molar-refractivity contribution in [2.24, 2.45) is 0 Å². The van der Waals surface area contributed by atoms with Crippen LogP contribution in [0.1, 0.15) is 5.56 Å². The Bertz CT molecular complexity index is 782. The van der Waals surface area contributed by atoms with E-state index in [9.17, 15) is 18.5 Å². The Morgan fingerprint density at radius 3 is 2.24 bits per heavy atom. The van der Waals surface area contributed by atoms with Crippen molar-refractivity contribution in [2.75, 3.05) is 6.26 Å². The van der Waals surface area contributed by atoms with Crippen LogP contribution < -0.4 is 4.74 Å². The van der Waals surface area contributed by atoms with Crippen LogP contribution in [0, 0.1) is 17.0 Å². The fraction of sp³-hybridized carbons (Fsp3) is 0.143. The van der Waals surface area contributed by atoms with E-state index in [1.165, 1.54) is 36.4 Å². The van der Waals surface area contributed by atoms with Crippen molar-refractivity contribution >= 4 is 15.5 Å². The number of hydrogen-bond acceptors (Lipinski definition) is 5. The molecule has 0 radical (unpaired) electrons. The van der Waals surface area contributed by atoms with Gasteiger partial charge >= 0.3 is 5.69 Å². The van der Waals surface area contributed by atoms with Gasteiger partial charge < -0.3 is 4.74 Å². The molecule has 0 amide bonds. The molecule has 0 aliphatic heterocycles. The summed E-state index contributed by atoms with van der Waals surface area (Å²) in [5.41, 5.74) is 0.615. The molecule has 0 bridgehead atoms. The zero-order valence-corrected chi connectivity index (χ0v) is 12.3. The Balaban J connectivity index is 2.33. The van der Waals surface area contributed by atoms with Crippen molar-refractivity contribution in [3.63, 3.8) is 0 Å². The first kappa shape index (κ1) is 15.0. The summed E-state index contributed by atoms with van der Waals surface area (Å²) in [6.45, 7) is 1.75. The summed E-state index contributed by atoms with van der Waals surface area (Å²) in [7, 11) is -3.28. The maximum Gasteiger partial charge on any atom is 0.311 e. The summed E-state index contributed by atoms with van der Waals surface area (Å²) >= 11 is 0. The minimum atomic E-state index is -3.28. The summed E-state index contributed by atoms with van der Waals surface area (Å²) in [6.07, 6.45) is 1.10. The van der Waals surface area contributed by atoms with Crippen molar-refractivity contribution in [1.82, 2.24) is 0 Å². The minimum absolute atomic E-state index is 0.109. The summed E-state index contributed by atoms with van der Waals surface area (Å²) in [5.74, 6) is 0.437. The highest BCUT2D eigenvalue weighted by molar-refractivity contribution is 7.90. The molecule has 110 valence electrons. The van der Waals surface area contributed by atoms with E-state index >= 15 is 0 Å². The molecule has 0 fully saturated rings. The zero-order chi connectivity index (χ0) is 15.6. The first-order valence-corrected chi connectivity index (χ1v) is 7.89. The third-order valence-electron chi connectivity index (χ3n) is 2.79. The highest BCUT2D eigenvalue weighted by atomic mass is 32.2. The van der Waals surface area contributed by atoms with Crippen molar-refractivity contribution in [3.05, 3.63) is 58.1 Å². The maximum atomic E-state index is 11.4. The molecule has 0 spiro atoms. The van der Waals surface area contributed by atoms with Gasteiger partial charge in [-0.25, -0.2) is 8.42 Å². The molecule has 2 aromatic carbocycles. The first-order chi connectivity index (χ1) is 9.77. The Kier molecular flexibility index (Phi) is 3.95. The third-order valence-corrected chi connectivity index (χ3v) is 3.92. The molecule has 0 saturated heterocycles. The molecular weight excluding hydrogens is 294 g/mol. The van der Waals surface area contributed by atoms with E-state index in [2.05, 4.69) is 0 Å². The van der Waals surface area contributed by atoms with Crippen molar-refractivity contribution in [2.45, 2.75) is 11.8 Å². The Morgan fingerprint density at radius 1 is 1.10 bits per heavy atom. The summed E-state index contributed by atoms with van der Waals surface area (Å²) in [4.78, 5) is 10.6. The Labute approximate surface area is 122 Å². The average Bonchev–Trinajstić information content (AvgIpc) is 2.40. The number of benzene rings is 2. The number of nitro benzene ring substituents is 1. The molecule has 0 aliphatic carbocycles. The number of hydrogen-bond donors (Lipinski definition) is 0. The Morgan fingerprint density at radius 2 is 1.71 bits per heavy atom. The highest BCUT2D eigenvalue weighted by Crippen LogP contribution is 2.32. The lowest BCUT2D eigenvalue weighted by molar-refractivity contribution is -0.385. The molecule has 0 heterocycles. The molecule has 7 heteroatoms. The van der Waals surface area contributed by atoms with Gasteiger partial charge in [-0.05, 0) is 42.8 Å². The number of nitrogens with zero attached hydrogens (tertiary/aromatic N) is 1. The molecule has 0 saturated carbocycles. The fourth-order valence-electron chi connectivity index (χ4n) is 1.74. The van der Waals surface area contributed by atoms with Crippen LogP contribution in [0.15, 0.2) is 47.4 Å². The van der Waals surface area contributed by atoms with Gasteiger partial charge in [0.2, 0.25) is 5.75 Å². The van der Waals surface area contributed by atoms with Crippen LogP contribution in [-0.4, -0.2) is 19.6 Å². The predicted molar refractivity (Wildman–Crippen MR) is 77.5 cm³/mol. The topological polar surface area (TPSA) is 86.5 Å².